The van der Waals surface area contributed by atoms with Gasteiger partial charge in [-0.1, -0.05) is 25.9 Å². The summed E-state index contributed by atoms with van der Waals surface area (Å²) < 4.78 is 0.594. The highest BCUT2D eigenvalue weighted by Crippen LogP contribution is 2.20. The summed E-state index contributed by atoms with van der Waals surface area (Å²) in [4.78, 5) is 4.51. The summed E-state index contributed by atoms with van der Waals surface area (Å²) in [5.41, 5.74) is 1.01. The van der Waals surface area contributed by atoms with Crippen molar-refractivity contribution in [2.75, 3.05) is 21.1 Å². The van der Waals surface area contributed by atoms with Crippen LogP contribution in [0.1, 0.15) is 26.5 Å². The summed E-state index contributed by atoms with van der Waals surface area (Å²) in [5.74, 6) is 0.748. The molecule has 0 atom stereocenters. The second-order valence-electron chi connectivity index (χ2n) is 5.40. The summed E-state index contributed by atoms with van der Waals surface area (Å²) in [6, 6.07) is 0. The van der Waals surface area contributed by atoms with Crippen LogP contribution in [-0.2, 0) is 5.41 Å². The summed E-state index contributed by atoms with van der Waals surface area (Å²) in [5, 5.41) is 8.02. The van der Waals surface area contributed by atoms with Crippen LogP contribution >= 0.6 is 0 Å². The molecule has 0 spiro atoms. The SMILES string of the molecule is CC(C)(C)c1cnnc([N+](C)(C)C)n1. The third-order valence-corrected chi connectivity index (χ3v) is 1.92. The van der Waals surface area contributed by atoms with Crippen molar-refractivity contribution in [3.05, 3.63) is 11.9 Å². The fourth-order valence-electron chi connectivity index (χ4n) is 0.940. The summed E-state index contributed by atoms with van der Waals surface area (Å²) in [6.07, 6.45) is 1.74. The van der Waals surface area contributed by atoms with Crippen LogP contribution in [0.25, 0.3) is 0 Å². The molecule has 1 aromatic heterocycles. The monoisotopic (exact) mass is 195 g/mol. The highest BCUT2D eigenvalue weighted by Gasteiger charge is 2.22. The van der Waals surface area contributed by atoms with E-state index in [1.807, 2.05) is 21.1 Å². The zero-order chi connectivity index (χ0) is 11.0. The lowest BCUT2D eigenvalue weighted by Crippen LogP contribution is -2.37. The van der Waals surface area contributed by atoms with Gasteiger partial charge in [0.2, 0.25) is 0 Å². The standard InChI is InChI=1S/C10H19N4/c1-10(2,3)8-7-11-13-9(12-8)14(4,5)6/h7H,1-6H3/q+1. The average molecular weight is 195 g/mol. The van der Waals surface area contributed by atoms with Crippen molar-refractivity contribution < 1.29 is 0 Å². The molecule has 78 valence electrons. The van der Waals surface area contributed by atoms with Crippen LogP contribution in [0.15, 0.2) is 6.20 Å². The molecule has 4 nitrogen and oxygen atoms in total. The van der Waals surface area contributed by atoms with Crippen LogP contribution in [0.5, 0.6) is 0 Å². The van der Waals surface area contributed by atoms with Crippen LogP contribution in [0.4, 0.5) is 5.95 Å². The minimum Gasteiger partial charge on any atom is -0.263 e. The highest BCUT2D eigenvalue weighted by molar-refractivity contribution is 5.22. The average Bonchev–Trinajstić information content (AvgIpc) is 2.01. The molecule has 0 aromatic carbocycles. The molecule has 0 amide bonds. The molecule has 1 aromatic rings. The Kier molecular flexibility index (Phi) is 2.58. The van der Waals surface area contributed by atoms with E-state index in [2.05, 4.69) is 36.0 Å². The van der Waals surface area contributed by atoms with Crippen LogP contribution in [0.2, 0.25) is 0 Å². The zero-order valence-electron chi connectivity index (χ0n) is 9.87. The predicted octanol–water partition coefficient (Wildman–Crippen LogP) is 1.37. The molecule has 1 heterocycles. The van der Waals surface area contributed by atoms with E-state index in [1.165, 1.54) is 0 Å². The Balaban J connectivity index is 3.15. The lowest BCUT2D eigenvalue weighted by molar-refractivity contribution is 0.442. The molecular formula is C10H19N4+. The van der Waals surface area contributed by atoms with Crippen LogP contribution in [0, 0.1) is 0 Å². The first-order valence-electron chi connectivity index (χ1n) is 4.73. The third kappa shape index (κ3) is 2.48. The number of rotatable bonds is 1. The maximum atomic E-state index is 4.51. The summed E-state index contributed by atoms with van der Waals surface area (Å²) >= 11 is 0. The number of hydrogen-bond donors (Lipinski definition) is 0. The van der Waals surface area contributed by atoms with E-state index in [-0.39, 0.29) is 5.41 Å². The maximum Gasteiger partial charge on any atom is 0.347 e. The van der Waals surface area contributed by atoms with Gasteiger partial charge in [-0.15, -0.1) is 0 Å². The number of nitrogens with zero attached hydrogens (tertiary/aromatic N) is 4. The molecule has 0 saturated carbocycles. The van der Waals surface area contributed by atoms with E-state index in [4.69, 9.17) is 0 Å². The maximum absolute atomic E-state index is 4.51. The fraction of sp³-hybridized carbons (Fsp3) is 0.700. The highest BCUT2D eigenvalue weighted by atomic mass is 15.4. The lowest BCUT2D eigenvalue weighted by Gasteiger charge is -2.22. The third-order valence-electron chi connectivity index (χ3n) is 1.92. The Morgan fingerprint density at radius 2 is 1.71 bits per heavy atom. The van der Waals surface area contributed by atoms with Crippen molar-refractivity contribution >= 4 is 5.95 Å². The van der Waals surface area contributed by atoms with Crippen molar-refractivity contribution in [2.45, 2.75) is 26.2 Å². The van der Waals surface area contributed by atoms with Gasteiger partial charge >= 0.3 is 5.95 Å². The molecule has 0 saturated heterocycles. The van der Waals surface area contributed by atoms with E-state index in [0.29, 0.717) is 4.48 Å². The topological polar surface area (TPSA) is 38.7 Å². The Hall–Kier alpha value is -1.03. The summed E-state index contributed by atoms with van der Waals surface area (Å²) in [6.45, 7) is 6.36. The second kappa shape index (κ2) is 3.28. The van der Waals surface area contributed by atoms with Gasteiger partial charge in [-0.05, 0) is 0 Å². The van der Waals surface area contributed by atoms with Crippen molar-refractivity contribution in [1.29, 1.82) is 0 Å². The molecule has 0 aliphatic heterocycles. The van der Waals surface area contributed by atoms with Crippen molar-refractivity contribution in [2.24, 2.45) is 0 Å². The number of aromatic nitrogens is 3. The van der Waals surface area contributed by atoms with Gasteiger partial charge < -0.3 is 0 Å². The van der Waals surface area contributed by atoms with Gasteiger partial charge in [0.1, 0.15) is 0 Å². The van der Waals surface area contributed by atoms with Crippen LogP contribution in [0.3, 0.4) is 0 Å². The van der Waals surface area contributed by atoms with Crippen LogP contribution < -0.4 is 4.48 Å². The van der Waals surface area contributed by atoms with Gasteiger partial charge in [-0.3, -0.25) is 4.48 Å². The van der Waals surface area contributed by atoms with Crippen molar-refractivity contribution in [3.8, 4) is 0 Å². The first kappa shape index (κ1) is 11.0. The van der Waals surface area contributed by atoms with E-state index in [9.17, 15) is 0 Å². The molecule has 0 bridgehead atoms. The molecular weight excluding hydrogens is 176 g/mol. The fourth-order valence-corrected chi connectivity index (χ4v) is 0.940. The number of quaternary nitrogens is 1. The van der Waals surface area contributed by atoms with E-state index in [0.717, 1.165) is 11.6 Å². The minimum atomic E-state index is 0.0276. The Bertz CT molecular complexity index is 290. The molecule has 0 aliphatic rings. The smallest absolute Gasteiger partial charge is 0.263 e. The van der Waals surface area contributed by atoms with Gasteiger partial charge in [0.25, 0.3) is 0 Å². The predicted molar refractivity (Wildman–Crippen MR) is 58.1 cm³/mol. The molecule has 0 fully saturated rings. The van der Waals surface area contributed by atoms with Crippen LogP contribution in [-0.4, -0.2) is 36.3 Å². The van der Waals surface area contributed by atoms with E-state index in [1.54, 1.807) is 6.20 Å². The van der Waals surface area contributed by atoms with E-state index < -0.39 is 0 Å². The summed E-state index contributed by atoms with van der Waals surface area (Å²) in [7, 11) is 6.09. The molecule has 1 rings (SSSR count). The molecule has 0 radical (unpaired) electrons. The molecule has 0 N–H and O–H groups in total. The first-order valence-corrected chi connectivity index (χ1v) is 4.73. The van der Waals surface area contributed by atoms with Gasteiger partial charge in [0.05, 0.1) is 33.0 Å². The number of hydrogen-bond acceptors (Lipinski definition) is 3. The normalized spacial score (nSPS) is 13.0. The van der Waals surface area contributed by atoms with Gasteiger partial charge in [-0.2, -0.15) is 10.1 Å². The Labute approximate surface area is 85.6 Å². The van der Waals surface area contributed by atoms with Crippen molar-refractivity contribution in [1.82, 2.24) is 19.7 Å². The largest absolute Gasteiger partial charge is 0.347 e. The Morgan fingerprint density at radius 3 is 2.14 bits per heavy atom. The first-order chi connectivity index (χ1) is 6.21. The lowest BCUT2D eigenvalue weighted by atomic mass is 9.93. The Morgan fingerprint density at radius 1 is 1.14 bits per heavy atom. The molecule has 4 heteroatoms. The van der Waals surface area contributed by atoms with Gasteiger partial charge in [0.15, 0.2) is 0 Å². The van der Waals surface area contributed by atoms with Gasteiger partial charge in [-0.25, -0.2) is 0 Å². The second-order valence-corrected chi connectivity index (χ2v) is 5.40. The van der Waals surface area contributed by atoms with E-state index >= 15 is 0 Å². The zero-order valence-corrected chi connectivity index (χ0v) is 9.87. The molecule has 0 unspecified atom stereocenters. The quantitative estimate of drug-likeness (QED) is 0.635. The van der Waals surface area contributed by atoms with Crippen molar-refractivity contribution in [3.63, 3.8) is 0 Å². The van der Waals surface area contributed by atoms with Gasteiger partial charge in [0, 0.05) is 5.41 Å². The molecule has 0 aliphatic carbocycles. The minimum absolute atomic E-state index is 0.0276. The molecule has 14 heavy (non-hydrogen) atoms.